The first-order valence-corrected chi connectivity index (χ1v) is 7.56. The Hall–Kier alpha value is -1.82. The van der Waals surface area contributed by atoms with Crippen molar-refractivity contribution >= 4 is 34.4 Å². The lowest BCUT2D eigenvalue weighted by atomic mass is 10.1. The molecule has 1 fully saturated rings. The molecule has 3 rings (SSSR count). The highest BCUT2D eigenvalue weighted by atomic mass is 32.2. The molecule has 6 heteroatoms. The number of amidine groups is 1. The van der Waals surface area contributed by atoms with Crippen molar-refractivity contribution in [2.24, 2.45) is 10.9 Å². The van der Waals surface area contributed by atoms with Crippen molar-refractivity contribution in [1.82, 2.24) is 5.32 Å². The van der Waals surface area contributed by atoms with Gasteiger partial charge in [0.1, 0.15) is 0 Å². The second-order valence-corrected chi connectivity index (χ2v) is 5.85. The van der Waals surface area contributed by atoms with E-state index in [9.17, 15) is 9.59 Å². The van der Waals surface area contributed by atoms with Crippen molar-refractivity contribution in [3.8, 4) is 0 Å². The summed E-state index contributed by atoms with van der Waals surface area (Å²) >= 11 is 1.55. The first-order valence-electron chi connectivity index (χ1n) is 6.57. The van der Waals surface area contributed by atoms with Crippen LogP contribution in [0, 0.1) is 5.92 Å². The summed E-state index contributed by atoms with van der Waals surface area (Å²) in [5.74, 6) is 0.504. The number of hydrogen-bond acceptors (Lipinski definition) is 4. The van der Waals surface area contributed by atoms with E-state index in [2.05, 4.69) is 10.3 Å². The molecule has 0 bridgehead atoms. The van der Waals surface area contributed by atoms with Gasteiger partial charge < -0.3 is 10.2 Å². The Morgan fingerprint density at radius 2 is 2.15 bits per heavy atom. The maximum absolute atomic E-state index is 12.1. The minimum absolute atomic E-state index is 0.00244. The first kappa shape index (κ1) is 13.2. The third-order valence-electron chi connectivity index (χ3n) is 3.38. The normalized spacial score (nSPS) is 22.0. The average molecular weight is 289 g/mol. The number of aliphatic imine (C=N–C) groups is 1. The van der Waals surface area contributed by atoms with Gasteiger partial charge in [-0.15, -0.1) is 0 Å². The van der Waals surface area contributed by atoms with Crippen molar-refractivity contribution in [2.45, 2.75) is 6.42 Å². The van der Waals surface area contributed by atoms with Crippen molar-refractivity contribution in [3.05, 3.63) is 30.3 Å². The molecule has 1 saturated heterocycles. The molecule has 0 aromatic heterocycles. The molecule has 2 aliphatic rings. The molecule has 2 aliphatic heterocycles. The van der Waals surface area contributed by atoms with Crippen LogP contribution in [0.25, 0.3) is 0 Å². The SMILES string of the molecule is O=C(NC1=NCCS1)[C@H]1CC(=O)N(c2ccccc2)C1. The Labute approximate surface area is 121 Å². The molecule has 0 aliphatic carbocycles. The van der Waals surface area contributed by atoms with Gasteiger partial charge in [0.25, 0.3) is 0 Å². The van der Waals surface area contributed by atoms with Gasteiger partial charge in [-0.25, -0.2) is 0 Å². The Morgan fingerprint density at radius 3 is 2.85 bits per heavy atom. The van der Waals surface area contributed by atoms with Gasteiger partial charge in [0.15, 0.2) is 5.17 Å². The third kappa shape index (κ3) is 2.70. The Kier molecular flexibility index (Phi) is 3.73. The number of nitrogens with zero attached hydrogens (tertiary/aromatic N) is 2. The zero-order valence-electron chi connectivity index (χ0n) is 10.9. The predicted octanol–water partition coefficient (Wildman–Crippen LogP) is 1.26. The maximum Gasteiger partial charge on any atom is 0.231 e. The summed E-state index contributed by atoms with van der Waals surface area (Å²) in [6.45, 7) is 1.19. The van der Waals surface area contributed by atoms with Crippen LogP contribution >= 0.6 is 11.8 Å². The molecule has 0 radical (unpaired) electrons. The molecule has 2 amide bonds. The molecular weight excluding hydrogens is 274 g/mol. The van der Waals surface area contributed by atoms with Gasteiger partial charge in [0.05, 0.1) is 12.5 Å². The van der Waals surface area contributed by atoms with E-state index >= 15 is 0 Å². The van der Waals surface area contributed by atoms with Crippen LogP contribution in [-0.4, -0.2) is 35.8 Å². The topological polar surface area (TPSA) is 61.8 Å². The highest BCUT2D eigenvalue weighted by Gasteiger charge is 2.35. The highest BCUT2D eigenvalue weighted by Crippen LogP contribution is 2.25. The van der Waals surface area contributed by atoms with Gasteiger partial charge >= 0.3 is 0 Å². The monoisotopic (exact) mass is 289 g/mol. The van der Waals surface area contributed by atoms with Crippen LogP contribution < -0.4 is 10.2 Å². The minimum atomic E-state index is -0.299. The van der Waals surface area contributed by atoms with E-state index in [1.165, 1.54) is 0 Å². The van der Waals surface area contributed by atoms with E-state index in [1.54, 1.807) is 16.7 Å². The number of para-hydroxylation sites is 1. The fraction of sp³-hybridized carbons (Fsp3) is 0.357. The van der Waals surface area contributed by atoms with Gasteiger partial charge in [0, 0.05) is 24.4 Å². The molecule has 104 valence electrons. The van der Waals surface area contributed by atoms with E-state index in [1.807, 2.05) is 30.3 Å². The summed E-state index contributed by atoms with van der Waals surface area (Å²) in [6, 6.07) is 9.45. The second kappa shape index (κ2) is 5.66. The highest BCUT2D eigenvalue weighted by molar-refractivity contribution is 8.14. The standard InChI is InChI=1S/C14H15N3O2S/c18-12-8-10(13(19)16-14-15-6-7-20-14)9-17(12)11-4-2-1-3-5-11/h1-5,10H,6-9H2,(H,15,16,19)/t10-/m0/s1. The molecular formula is C14H15N3O2S. The van der Waals surface area contributed by atoms with Crippen LogP contribution in [0.1, 0.15) is 6.42 Å². The maximum atomic E-state index is 12.1. The predicted molar refractivity (Wildman–Crippen MR) is 79.8 cm³/mol. The lowest BCUT2D eigenvalue weighted by molar-refractivity contribution is -0.125. The molecule has 1 aromatic carbocycles. The van der Waals surface area contributed by atoms with Crippen molar-refractivity contribution in [1.29, 1.82) is 0 Å². The summed E-state index contributed by atoms with van der Waals surface area (Å²) in [5, 5.41) is 3.49. The van der Waals surface area contributed by atoms with Crippen LogP contribution in [0.15, 0.2) is 35.3 Å². The van der Waals surface area contributed by atoms with E-state index in [4.69, 9.17) is 0 Å². The number of benzene rings is 1. The van der Waals surface area contributed by atoms with E-state index < -0.39 is 0 Å². The van der Waals surface area contributed by atoms with Crippen LogP contribution in [0.4, 0.5) is 5.69 Å². The number of nitrogens with one attached hydrogen (secondary N) is 1. The number of thioether (sulfide) groups is 1. The van der Waals surface area contributed by atoms with Crippen LogP contribution in [0.5, 0.6) is 0 Å². The summed E-state index contributed by atoms with van der Waals surface area (Å²) in [6.07, 6.45) is 0.263. The summed E-state index contributed by atoms with van der Waals surface area (Å²) in [5.41, 5.74) is 0.848. The molecule has 1 atom stereocenters. The van der Waals surface area contributed by atoms with Gasteiger partial charge in [0.2, 0.25) is 11.8 Å². The van der Waals surface area contributed by atoms with E-state index in [0.717, 1.165) is 18.0 Å². The van der Waals surface area contributed by atoms with Crippen molar-refractivity contribution in [2.75, 3.05) is 23.7 Å². The zero-order chi connectivity index (χ0) is 13.9. The largest absolute Gasteiger partial charge is 0.312 e. The van der Waals surface area contributed by atoms with Crippen LogP contribution in [0.2, 0.25) is 0 Å². The summed E-state index contributed by atoms with van der Waals surface area (Å²) in [4.78, 5) is 30.0. The van der Waals surface area contributed by atoms with Crippen molar-refractivity contribution < 1.29 is 9.59 Å². The van der Waals surface area contributed by atoms with E-state index in [0.29, 0.717) is 11.7 Å². The van der Waals surface area contributed by atoms with Crippen LogP contribution in [0.3, 0.4) is 0 Å². The minimum Gasteiger partial charge on any atom is -0.312 e. The summed E-state index contributed by atoms with van der Waals surface area (Å²) in [7, 11) is 0. The van der Waals surface area contributed by atoms with Crippen molar-refractivity contribution in [3.63, 3.8) is 0 Å². The molecule has 0 unspecified atom stereocenters. The molecule has 0 saturated carbocycles. The number of hydrogen-bond donors (Lipinski definition) is 1. The Balaban J connectivity index is 1.66. The van der Waals surface area contributed by atoms with Crippen LogP contribution in [-0.2, 0) is 9.59 Å². The molecule has 1 N–H and O–H groups in total. The van der Waals surface area contributed by atoms with Gasteiger partial charge in [-0.2, -0.15) is 0 Å². The lowest BCUT2D eigenvalue weighted by Crippen LogP contribution is -2.35. The van der Waals surface area contributed by atoms with Gasteiger partial charge in [-0.1, -0.05) is 30.0 Å². The molecule has 2 heterocycles. The average Bonchev–Trinajstić information content (AvgIpc) is 3.09. The third-order valence-corrected chi connectivity index (χ3v) is 4.27. The number of rotatable bonds is 2. The Morgan fingerprint density at radius 1 is 1.35 bits per heavy atom. The lowest BCUT2D eigenvalue weighted by Gasteiger charge is -2.16. The zero-order valence-corrected chi connectivity index (χ0v) is 11.7. The fourth-order valence-corrected chi connectivity index (χ4v) is 3.09. The molecule has 0 spiro atoms. The van der Waals surface area contributed by atoms with Gasteiger partial charge in [-0.3, -0.25) is 14.6 Å². The summed E-state index contributed by atoms with van der Waals surface area (Å²) < 4.78 is 0. The number of carbonyl (C=O) groups excluding carboxylic acids is 2. The second-order valence-electron chi connectivity index (χ2n) is 4.77. The fourth-order valence-electron chi connectivity index (χ4n) is 2.36. The quantitative estimate of drug-likeness (QED) is 0.891. The molecule has 20 heavy (non-hydrogen) atoms. The number of carbonyl (C=O) groups is 2. The smallest absolute Gasteiger partial charge is 0.231 e. The number of amides is 2. The van der Waals surface area contributed by atoms with E-state index in [-0.39, 0.29) is 24.2 Å². The van der Waals surface area contributed by atoms with Gasteiger partial charge in [-0.05, 0) is 12.1 Å². The first-order chi connectivity index (χ1) is 9.74. The molecule has 1 aromatic rings. The Bertz CT molecular complexity index is 559. The molecule has 5 nitrogen and oxygen atoms in total. The number of anilines is 1.